The van der Waals surface area contributed by atoms with Crippen molar-refractivity contribution in [1.29, 1.82) is 0 Å². The second kappa shape index (κ2) is 10.3. The zero-order chi connectivity index (χ0) is 27.0. The van der Waals surface area contributed by atoms with E-state index in [9.17, 15) is 14.0 Å². The van der Waals surface area contributed by atoms with Crippen molar-refractivity contribution in [3.63, 3.8) is 0 Å². The Labute approximate surface area is 218 Å². The topological polar surface area (TPSA) is 122 Å². The van der Waals surface area contributed by atoms with Crippen molar-refractivity contribution in [3.05, 3.63) is 70.1 Å². The smallest absolute Gasteiger partial charge is 0.335 e. The van der Waals surface area contributed by atoms with E-state index >= 15 is 0 Å². The summed E-state index contributed by atoms with van der Waals surface area (Å²) in [4.78, 5) is 27.9. The Balaban J connectivity index is 1.17. The molecule has 1 fully saturated rings. The van der Waals surface area contributed by atoms with Crippen LogP contribution in [-0.4, -0.2) is 82.6 Å². The normalized spacial score (nSPS) is 14.4. The third-order valence-corrected chi connectivity index (χ3v) is 7.07. The zero-order valence-electron chi connectivity index (χ0n) is 21.6. The van der Waals surface area contributed by atoms with Gasteiger partial charge < -0.3 is 10.0 Å². The number of carboxylic acids is 1. The number of hydrogen-bond donors (Lipinski definition) is 1. The highest BCUT2D eigenvalue weighted by Crippen LogP contribution is 2.20. The fraction of sp³-hybridized carbons (Fsp3) is 0.385. The lowest BCUT2D eigenvalue weighted by atomic mass is 10.1. The molecule has 1 saturated heterocycles. The van der Waals surface area contributed by atoms with Gasteiger partial charge in [0.05, 0.1) is 11.3 Å². The zero-order valence-corrected chi connectivity index (χ0v) is 21.6. The number of benzene rings is 1. The Morgan fingerprint density at radius 3 is 2.47 bits per heavy atom. The number of aromatic nitrogens is 6. The molecule has 1 N–H and O–H groups in total. The van der Waals surface area contributed by atoms with Crippen LogP contribution < -0.4 is 0 Å². The molecule has 38 heavy (non-hydrogen) atoms. The molecule has 0 saturated carbocycles. The first-order valence-electron chi connectivity index (χ1n) is 12.5. The van der Waals surface area contributed by atoms with Gasteiger partial charge in [-0.05, 0) is 57.0 Å². The van der Waals surface area contributed by atoms with Crippen LogP contribution in [0.5, 0.6) is 0 Å². The van der Waals surface area contributed by atoms with Crippen LogP contribution in [0.25, 0.3) is 11.5 Å². The number of carbonyl (C=O) groups is 2. The summed E-state index contributed by atoms with van der Waals surface area (Å²) in [5, 5.41) is 26.4. The SMILES string of the molecule is Cc1nn(-c2ccc3nnc(C)n3n2)c(C)c1CCC(=O)N1CCN(Cc2ccc(C(=O)O)cc2F)CC1. The summed E-state index contributed by atoms with van der Waals surface area (Å²) in [5.74, 6) is -0.255. The average Bonchev–Trinajstić information content (AvgIpc) is 3.41. The first-order valence-corrected chi connectivity index (χ1v) is 12.5. The minimum absolute atomic E-state index is 0.0689. The van der Waals surface area contributed by atoms with E-state index in [-0.39, 0.29) is 11.5 Å². The Morgan fingerprint density at radius 2 is 1.76 bits per heavy atom. The maximum atomic E-state index is 14.3. The average molecular weight is 521 g/mol. The number of aromatic carboxylic acids is 1. The van der Waals surface area contributed by atoms with Crippen molar-refractivity contribution < 1.29 is 19.1 Å². The predicted octanol–water partition coefficient (Wildman–Crippen LogP) is 2.35. The van der Waals surface area contributed by atoms with Gasteiger partial charge in [-0.25, -0.2) is 13.9 Å². The molecule has 0 unspecified atom stereocenters. The Bertz CT molecular complexity index is 1520. The monoisotopic (exact) mass is 520 g/mol. The number of carbonyl (C=O) groups excluding carboxylic acids is 1. The molecule has 11 nitrogen and oxygen atoms in total. The molecule has 198 valence electrons. The standard InChI is InChI=1S/C26H29FN8O3/c1-16-21(17(2)34(30-16)24-8-7-23-29-28-18(3)35(23)31-24)6-9-25(36)33-12-10-32(11-13-33)15-20-5-4-19(26(37)38)14-22(20)27/h4-5,7-8,14H,6,9-13,15H2,1-3H3,(H,37,38). The third kappa shape index (κ3) is 4.99. The van der Waals surface area contributed by atoms with Gasteiger partial charge in [-0.3, -0.25) is 9.69 Å². The maximum absolute atomic E-state index is 14.3. The van der Waals surface area contributed by atoms with E-state index in [0.29, 0.717) is 68.4 Å². The second-order valence-electron chi connectivity index (χ2n) is 9.54. The van der Waals surface area contributed by atoms with Gasteiger partial charge in [-0.1, -0.05) is 6.07 Å². The molecule has 5 rings (SSSR count). The number of hydrogen-bond acceptors (Lipinski definition) is 7. The minimum Gasteiger partial charge on any atom is -0.478 e. The van der Waals surface area contributed by atoms with Crippen LogP contribution in [0.4, 0.5) is 4.39 Å². The molecular weight excluding hydrogens is 491 g/mol. The van der Waals surface area contributed by atoms with E-state index < -0.39 is 11.8 Å². The minimum atomic E-state index is -1.15. The molecule has 4 aromatic rings. The summed E-state index contributed by atoms with van der Waals surface area (Å²) < 4.78 is 17.8. The van der Waals surface area contributed by atoms with Crippen molar-refractivity contribution in [3.8, 4) is 5.82 Å². The number of halogens is 1. The van der Waals surface area contributed by atoms with E-state index in [0.717, 1.165) is 23.0 Å². The van der Waals surface area contributed by atoms with Gasteiger partial charge in [0, 0.05) is 50.4 Å². The molecule has 1 aliphatic heterocycles. The van der Waals surface area contributed by atoms with Crippen molar-refractivity contribution in [2.24, 2.45) is 0 Å². The van der Waals surface area contributed by atoms with Gasteiger partial charge in [0.25, 0.3) is 0 Å². The fourth-order valence-electron chi connectivity index (χ4n) is 4.85. The van der Waals surface area contributed by atoms with Crippen LogP contribution in [0.1, 0.15) is 45.1 Å². The van der Waals surface area contributed by atoms with Crippen LogP contribution in [0.2, 0.25) is 0 Å². The summed E-state index contributed by atoms with van der Waals surface area (Å²) in [6.07, 6.45) is 0.946. The van der Waals surface area contributed by atoms with Crippen LogP contribution in [0.15, 0.2) is 30.3 Å². The molecule has 1 aliphatic rings. The highest BCUT2D eigenvalue weighted by molar-refractivity contribution is 5.87. The number of fused-ring (bicyclic) bond motifs is 1. The van der Waals surface area contributed by atoms with Crippen LogP contribution in [0, 0.1) is 26.6 Å². The highest BCUT2D eigenvalue weighted by Gasteiger charge is 2.23. The summed E-state index contributed by atoms with van der Waals surface area (Å²) in [7, 11) is 0. The molecule has 0 spiro atoms. The summed E-state index contributed by atoms with van der Waals surface area (Å²) in [5.41, 5.74) is 3.87. The number of aryl methyl sites for hydroxylation is 2. The molecular formula is C26H29FN8O3. The number of nitrogens with zero attached hydrogens (tertiary/aromatic N) is 8. The van der Waals surface area contributed by atoms with Gasteiger partial charge in [-0.2, -0.15) is 9.61 Å². The second-order valence-corrected chi connectivity index (χ2v) is 9.54. The summed E-state index contributed by atoms with van der Waals surface area (Å²) >= 11 is 0. The summed E-state index contributed by atoms with van der Waals surface area (Å²) in [6.45, 7) is 8.50. The molecule has 1 amide bonds. The van der Waals surface area contributed by atoms with Crippen LogP contribution in [-0.2, 0) is 17.8 Å². The first kappa shape index (κ1) is 25.5. The quantitative estimate of drug-likeness (QED) is 0.394. The molecule has 0 radical (unpaired) electrons. The lowest BCUT2D eigenvalue weighted by Gasteiger charge is -2.35. The highest BCUT2D eigenvalue weighted by atomic mass is 19.1. The van der Waals surface area contributed by atoms with Crippen molar-refractivity contribution >= 4 is 17.5 Å². The van der Waals surface area contributed by atoms with Crippen molar-refractivity contribution in [2.75, 3.05) is 26.2 Å². The molecule has 12 heteroatoms. The van der Waals surface area contributed by atoms with Gasteiger partial charge in [-0.15, -0.1) is 15.3 Å². The van der Waals surface area contributed by atoms with Gasteiger partial charge in [0.2, 0.25) is 5.91 Å². The lowest BCUT2D eigenvalue weighted by Crippen LogP contribution is -2.48. The fourth-order valence-corrected chi connectivity index (χ4v) is 4.85. The van der Waals surface area contributed by atoms with E-state index in [1.165, 1.54) is 12.1 Å². The van der Waals surface area contributed by atoms with Crippen molar-refractivity contribution in [1.82, 2.24) is 39.4 Å². The Morgan fingerprint density at radius 1 is 1.00 bits per heavy atom. The maximum Gasteiger partial charge on any atom is 0.335 e. The number of piperazine rings is 1. The van der Waals surface area contributed by atoms with E-state index in [1.54, 1.807) is 9.20 Å². The number of carboxylic acid groups (broad SMARTS) is 1. The van der Waals surface area contributed by atoms with Gasteiger partial charge >= 0.3 is 5.97 Å². The largest absolute Gasteiger partial charge is 0.478 e. The third-order valence-electron chi connectivity index (χ3n) is 7.07. The van der Waals surface area contributed by atoms with Crippen molar-refractivity contribution in [2.45, 2.75) is 40.2 Å². The molecule has 4 heterocycles. The van der Waals surface area contributed by atoms with E-state index in [1.807, 2.05) is 37.8 Å². The Hall–Kier alpha value is -4.19. The van der Waals surface area contributed by atoms with Gasteiger partial charge in [0.15, 0.2) is 17.3 Å². The van der Waals surface area contributed by atoms with Crippen LogP contribution in [0.3, 0.4) is 0 Å². The first-order chi connectivity index (χ1) is 18.2. The predicted molar refractivity (Wildman–Crippen MR) is 136 cm³/mol. The molecule has 0 bridgehead atoms. The van der Waals surface area contributed by atoms with E-state index in [2.05, 4.69) is 25.3 Å². The molecule has 0 aliphatic carbocycles. The van der Waals surface area contributed by atoms with E-state index in [4.69, 9.17) is 5.11 Å². The van der Waals surface area contributed by atoms with Gasteiger partial charge in [0.1, 0.15) is 5.82 Å². The number of rotatable bonds is 7. The molecule has 3 aromatic heterocycles. The lowest BCUT2D eigenvalue weighted by molar-refractivity contribution is -0.133. The molecule has 0 atom stereocenters. The summed E-state index contributed by atoms with van der Waals surface area (Å²) in [6, 6.07) is 7.68. The van der Waals surface area contributed by atoms with Crippen LogP contribution >= 0.6 is 0 Å². The number of amides is 1. The Kier molecular flexibility index (Phi) is 6.89. The molecule has 1 aromatic carbocycles.